The largest absolute Gasteiger partial charge is 0.272 e. The van der Waals surface area contributed by atoms with E-state index < -0.39 is 0 Å². The maximum Gasteiger partial charge on any atom is 0.248 e. The number of benzene rings is 1. The summed E-state index contributed by atoms with van der Waals surface area (Å²) in [6.45, 7) is 0. The van der Waals surface area contributed by atoms with E-state index in [0.29, 0.717) is 10.1 Å². The first kappa shape index (κ1) is 13.2. The summed E-state index contributed by atoms with van der Waals surface area (Å²) in [7, 11) is 0. The smallest absolute Gasteiger partial charge is 0.248 e. The van der Waals surface area contributed by atoms with Crippen LogP contribution in [0, 0.1) is 0 Å². The van der Waals surface area contributed by atoms with Gasteiger partial charge in [0.1, 0.15) is 10.1 Å². The van der Waals surface area contributed by atoms with Crippen molar-refractivity contribution in [1.29, 1.82) is 0 Å². The molecule has 1 aromatic carbocycles. The van der Waals surface area contributed by atoms with E-state index in [0.717, 1.165) is 11.0 Å². The number of hydrazine groups is 1. The molecule has 0 spiro atoms. The molecule has 2 heterocycles. The fraction of sp³-hybridized carbons (Fsp3) is 0.167. The summed E-state index contributed by atoms with van der Waals surface area (Å²) in [6, 6.07) is 7.53. The first-order valence-electron chi connectivity index (χ1n) is 5.82. The average molecular weight is 306 g/mol. The number of nitrogens with one attached hydrogen (secondary N) is 2. The molecule has 0 bridgehead atoms. The molecule has 1 aromatic heterocycles. The topological polar surface area (TPSA) is 84.0 Å². The highest BCUT2D eigenvalue weighted by Crippen LogP contribution is 2.29. The predicted molar refractivity (Wildman–Crippen MR) is 77.3 cm³/mol. The summed E-state index contributed by atoms with van der Waals surface area (Å²) >= 11 is 2.62. The molecule has 0 saturated heterocycles. The number of thioether (sulfide) groups is 2. The van der Waals surface area contributed by atoms with Gasteiger partial charge in [0, 0.05) is 0 Å². The number of aromatic nitrogens is 2. The van der Waals surface area contributed by atoms with Gasteiger partial charge in [0.2, 0.25) is 11.8 Å². The van der Waals surface area contributed by atoms with E-state index >= 15 is 0 Å². The Labute approximate surface area is 123 Å². The molecule has 8 heteroatoms. The summed E-state index contributed by atoms with van der Waals surface area (Å²) in [6.07, 6.45) is 0. The third-order valence-electron chi connectivity index (χ3n) is 2.53. The van der Waals surface area contributed by atoms with Crippen molar-refractivity contribution in [2.75, 3.05) is 11.5 Å². The summed E-state index contributed by atoms with van der Waals surface area (Å²) in [5.74, 6) is -0.172. The Morgan fingerprint density at radius 2 is 1.30 bits per heavy atom. The first-order chi connectivity index (χ1) is 9.72. The second-order valence-electron chi connectivity index (χ2n) is 4.00. The van der Waals surface area contributed by atoms with E-state index in [2.05, 4.69) is 20.8 Å². The molecule has 0 atom stereocenters. The van der Waals surface area contributed by atoms with E-state index in [1.165, 1.54) is 23.5 Å². The summed E-state index contributed by atoms with van der Waals surface area (Å²) in [5, 5.41) is 1.36. The van der Waals surface area contributed by atoms with Crippen LogP contribution in [-0.4, -0.2) is 33.3 Å². The maximum atomic E-state index is 11.5. The molecule has 20 heavy (non-hydrogen) atoms. The van der Waals surface area contributed by atoms with Crippen LogP contribution in [0.5, 0.6) is 0 Å². The van der Waals surface area contributed by atoms with E-state index in [9.17, 15) is 9.59 Å². The van der Waals surface area contributed by atoms with E-state index in [4.69, 9.17) is 0 Å². The molecule has 2 aromatic rings. The number of fused-ring (bicyclic) bond motifs is 2. The highest BCUT2D eigenvalue weighted by molar-refractivity contribution is 8.02. The number of rotatable bonds is 0. The Balaban J connectivity index is 2.02. The Morgan fingerprint density at radius 3 is 1.75 bits per heavy atom. The van der Waals surface area contributed by atoms with Crippen molar-refractivity contribution < 1.29 is 9.59 Å². The van der Waals surface area contributed by atoms with Crippen molar-refractivity contribution >= 4 is 46.4 Å². The second-order valence-corrected chi connectivity index (χ2v) is 5.92. The summed E-state index contributed by atoms with van der Waals surface area (Å²) in [5.41, 5.74) is 6.26. The standard InChI is InChI=1S/C12H10N4O2S2/c17-9-5-19-11-12(20-6-10(18)16-15-9)14-8-4-2-1-3-7(8)13-11/h1-4H,5-6H2,(H,15,17)(H,16,18). The van der Waals surface area contributed by atoms with Gasteiger partial charge in [-0.1, -0.05) is 35.7 Å². The molecule has 1 aliphatic heterocycles. The van der Waals surface area contributed by atoms with Crippen molar-refractivity contribution in [2.24, 2.45) is 0 Å². The van der Waals surface area contributed by atoms with Crippen LogP contribution in [0.4, 0.5) is 0 Å². The number of amides is 2. The van der Waals surface area contributed by atoms with Crippen LogP contribution in [0.2, 0.25) is 0 Å². The number of nitrogens with zero attached hydrogens (tertiary/aromatic N) is 2. The molecule has 1 aliphatic rings. The van der Waals surface area contributed by atoms with Gasteiger partial charge in [-0.15, -0.1) is 0 Å². The molecular formula is C12H10N4O2S2. The van der Waals surface area contributed by atoms with Crippen LogP contribution in [0.25, 0.3) is 11.0 Å². The minimum absolute atomic E-state index is 0.181. The van der Waals surface area contributed by atoms with Gasteiger partial charge < -0.3 is 0 Å². The third kappa shape index (κ3) is 2.86. The van der Waals surface area contributed by atoms with Gasteiger partial charge >= 0.3 is 0 Å². The molecule has 0 unspecified atom stereocenters. The fourth-order valence-corrected chi connectivity index (χ4v) is 3.33. The lowest BCUT2D eigenvalue weighted by molar-refractivity contribution is -0.126. The Bertz CT molecular complexity index is 634. The molecule has 0 fully saturated rings. The molecule has 6 nitrogen and oxygen atoms in total. The van der Waals surface area contributed by atoms with E-state index in [1.54, 1.807) is 0 Å². The normalized spacial score (nSPS) is 16.2. The zero-order valence-corrected chi connectivity index (χ0v) is 11.9. The SMILES string of the molecule is O=C1CSc2nc3ccccc3nc2SCC(=O)NN1. The number of hydrogen-bond donors (Lipinski definition) is 2. The monoisotopic (exact) mass is 306 g/mol. The predicted octanol–water partition coefficient (Wildman–Crippen LogP) is 0.975. The molecule has 0 aliphatic carbocycles. The van der Waals surface area contributed by atoms with Crippen molar-refractivity contribution in [3.63, 3.8) is 0 Å². The number of carbonyl (C=O) groups excluding carboxylic acids is 2. The van der Waals surface area contributed by atoms with Crippen LogP contribution >= 0.6 is 23.5 Å². The molecule has 102 valence electrons. The Hall–Kier alpha value is -1.80. The average Bonchev–Trinajstić information content (AvgIpc) is 2.47. The zero-order valence-electron chi connectivity index (χ0n) is 10.3. The highest BCUT2D eigenvalue weighted by Gasteiger charge is 2.16. The second kappa shape index (κ2) is 5.68. The van der Waals surface area contributed by atoms with Crippen molar-refractivity contribution in [3.05, 3.63) is 24.3 Å². The molecule has 0 saturated carbocycles. The van der Waals surface area contributed by atoms with Gasteiger partial charge in [0.15, 0.2) is 0 Å². The fourth-order valence-electron chi connectivity index (χ4n) is 1.64. The van der Waals surface area contributed by atoms with Gasteiger partial charge in [-0.25, -0.2) is 9.97 Å². The number of carbonyl (C=O) groups is 2. The van der Waals surface area contributed by atoms with Crippen molar-refractivity contribution in [2.45, 2.75) is 10.1 Å². The van der Waals surface area contributed by atoms with Gasteiger partial charge in [-0.3, -0.25) is 20.4 Å². The molecule has 2 N–H and O–H groups in total. The Kier molecular flexibility index (Phi) is 3.75. The van der Waals surface area contributed by atoms with E-state index in [-0.39, 0.29) is 23.3 Å². The lowest BCUT2D eigenvalue weighted by Gasteiger charge is -2.12. The lowest BCUT2D eigenvalue weighted by atomic mass is 10.3. The molecule has 2 amide bonds. The summed E-state index contributed by atoms with van der Waals surface area (Å²) in [4.78, 5) is 32.1. The van der Waals surface area contributed by atoms with Gasteiger partial charge in [0.05, 0.1) is 22.5 Å². The van der Waals surface area contributed by atoms with Crippen LogP contribution < -0.4 is 10.9 Å². The minimum Gasteiger partial charge on any atom is -0.272 e. The van der Waals surface area contributed by atoms with E-state index in [1.807, 2.05) is 24.3 Å². The highest BCUT2D eigenvalue weighted by atomic mass is 32.2. The first-order valence-corrected chi connectivity index (χ1v) is 7.79. The minimum atomic E-state index is -0.267. The lowest BCUT2D eigenvalue weighted by Crippen LogP contribution is -2.43. The molecule has 0 radical (unpaired) electrons. The molecule has 3 rings (SSSR count). The maximum absolute atomic E-state index is 11.5. The zero-order chi connectivity index (χ0) is 13.9. The third-order valence-corrected chi connectivity index (χ3v) is 4.59. The van der Waals surface area contributed by atoms with Crippen LogP contribution in [0.15, 0.2) is 34.3 Å². The van der Waals surface area contributed by atoms with Crippen LogP contribution in [0.1, 0.15) is 0 Å². The molecular weight excluding hydrogens is 296 g/mol. The van der Waals surface area contributed by atoms with Crippen LogP contribution in [0.3, 0.4) is 0 Å². The number of para-hydroxylation sites is 2. The van der Waals surface area contributed by atoms with Gasteiger partial charge in [-0.2, -0.15) is 0 Å². The van der Waals surface area contributed by atoms with Gasteiger partial charge in [0.25, 0.3) is 0 Å². The van der Waals surface area contributed by atoms with Gasteiger partial charge in [-0.05, 0) is 12.1 Å². The summed E-state index contributed by atoms with van der Waals surface area (Å²) < 4.78 is 0. The quantitative estimate of drug-likeness (QED) is 0.755. The number of hydrogen-bond acceptors (Lipinski definition) is 6. The van der Waals surface area contributed by atoms with Crippen molar-refractivity contribution in [3.8, 4) is 0 Å². The Morgan fingerprint density at radius 1 is 0.850 bits per heavy atom. The van der Waals surface area contributed by atoms with Crippen molar-refractivity contribution in [1.82, 2.24) is 20.8 Å². The van der Waals surface area contributed by atoms with Crippen LogP contribution in [-0.2, 0) is 9.59 Å².